The van der Waals surface area contributed by atoms with Gasteiger partial charge in [-0.15, -0.1) is 0 Å². The van der Waals surface area contributed by atoms with Gasteiger partial charge in [0.2, 0.25) is 0 Å². The molecule has 1 aromatic carbocycles. The molecule has 0 atom stereocenters. The van der Waals surface area contributed by atoms with Crippen LogP contribution in [-0.4, -0.2) is 50.3 Å². The molecule has 10 heteroatoms. The van der Waals surface area contributed by atoms with Gasteiger partial charge in [0.05, 0.1) is 29.9 Å². The van der Waals surface area contributed by atoms with Crippen LogP contribution in [-0.2, 0) is 17.7 Å². The van der Waals surface area contributed by atoms with Crippen LogP contribution in [0.1, 0.15) is 53.3 Å². The van der Waals surface area contributed by atoms with Crippen LogP contribution in [0.25, 0.3) is 17.2 Å². The Bertz CT molecular complexity index is 1480. The van der Waals surface area contributed by atoms with Gasteiger partial charge in [-0.3, -0.25) is 4.79 Å². The lowest BCUT2D eigenvalue weighted by Gasteiger charge is -2.16. The molecular formula is C28H29FN6O3. The molecule has 1 amide bonds. The van der Waals surface area contributed by atoms with Gasteiger partial charge >= 0.3 is 0 Å². The molecule has 4 aromatic rings. The number of rotatable bonds is 9. The third kappa shape index (κ3) is 4.91. The molecular weight excluding hydrogens is 487 g/mol. The molecule has 196 valence electrons. The second-order valence-corrected chi connectivity index (χ2v) is 9.67. The molecule has 1 aliphatic heterocycles. The topological polar surface area (TPSA) is 96.1 Å². The maximum Gasteiger partial charge on any atom is 0.259 e. The summed E-state index contributed by atoms with van der Waals surface area (Å²) in [5.74, 6) is 0.551. The van der Waals surface area contributed by atoms with Gasteiger partial charge in [0.25, 0.3) is 5.91 Å². The van der Waals surface area contributed by atoms with E-state index < -0.39 is 11.7 Å². The predicted molar refractivity (Wildman–Crippen MR) is 139 cm³/mol. The van der Waals surface area contributed by atoms with Gasteiger partial charge in [0.1, 0.15) is 29.7 Å². The van der Waals surface area contributed by atoms with E-state index in [9.17, 15) is 4.79 Å². The van der Waals surface area contributed by atoms with Crippen LogP contribution in [0.2, 0.25) is 0 Å². The first kappa shape index (κ1) is 24.3. The second kappa shape index (κ2) is 10.4. The van der Waals surface area contributed by atoms with E-state index in [-0.39, 0.29) is 12.2 Å². The molecule has 1 fully saturated rings. The lowest BCUT2D eigenvalue weighted by molar-refractivity contribution is 0.102. The monoisotopic (exact) mass is 516 g/mol. The zero-order chi connectivity index (χ0) is 26.1. The molecule has 9 nitrogen and oxygen atoms in total. The van der Waals surface area contributed by atoms with Gasteiger partial charge in [-0.05, 0) is 50.3 Å². The maximum atomic E-state index is 15.2. The number of imidazole rings is 2. The van der Waals surface area contributed by atoms with Crippen LogP contribution < -0.4 is 10.1 Å². The van der Waals surface area contributed by atoms with Crippen LogP contribution in [0.3, 0.4) is 0 Å². The summed E-state index contributed by atoms with van der Waals surface area (Å²) in [5.41, 5.74) is 3.23. The third-order valence-corrected chi connectivity index (χ3v) is 6.94. The van der Waals surface area contributed by atoms with E-state index in [1.807, 2.05) is 24.5 Å². The fourth-order valence-electron chi connectivity index (χ4n) is 4.78. The van der Waals surface area contributed by atoms with Gasteiger partial charge in [0, 0.05) is 43.7 Å². The average molecular weight is 517 g/mol. The van der Waals surface area contributed by atoms with E-state index in [0.717, 1.165) is 50.2 Å². The highest BCUT2D eigenvalue weighted by Crippen LogP contribution is 2.39. The number of ether oxygens (including phenoxy) is 2. The Hall–Kier alpha value is -4.05. The molecule has 1 aliphatic carbocycles. The Morgan fingerprint density at radius 2 is 2.08 bits per heavy atom. The van der Waals surface area contributed by atoms with Gasteiger partial charge in [0.15, 0.2) is 5.82 Å². The summed E-state index contributed by atoms with van der Waals surface area (Å²) in [5, 5.41) is 2.75. The number of nitrogens with zero attached hydrogens (tertiary/aromatic N) is 5. The Labute approximate surface area is 219 Å². The number of anilines is 1. The Kier molecular flexibility index (Phi) is 6.63. The van der Waals surface area contributed by atoms with E-state index >= 15 is 4.39 Å². The largest absolute Gasteiger partial charge is 0.489 e. The lowest BCUT2D eigenvalue weighted by Crippen LogP contribution is -2.17. The minimum absolute atomic E-state index is 0.119. The molecule has 0 bridgehead atoms. The van der Waals surface area contributed by atoms with Gasteiger partial charge in [-0.2, -0.15) is 0 Å². The third-order valence-electron chi connectivity index (χ3n) is 6.94. The first-order valence-corrected chi connectivity index (χ1v) is 12.9. The van der Waals surface area contributed by atoms with Crippen molar-refractivity contribution in [2.75, 3.05) is 25.6 Å². The van der Waals surface area contributed by atoms with E-state index in [1.165, 1.54) is 17.8 Å². The minimum Gasteiger partial charge on any atom is -0.489 e. The van der Waals surface area contributed by atoms with E-state index in [4.69, 9.17) is 9.47 Å². The second-order valence-electron chi connectivity index (χ2n) is 9.67. The van der Waals surface area contributed by atoms with Gasteiger partial charge < -0.3 is 23.9 Å². The number of pyridine rings is 1. The Morgan fingerprint density at radius 3 is 2.92 bits per heavy atom. The first-order chi connectivity index (χ1) is 18.6. The van der Waals surface area contributed by atoms with Crippen molar-refractivity contribution < 1.29 is 18.7 Å². The van der Waals surface area contributed by atoms with Crippen LogP contribution >= 0.6 is 0 Å². The number of benzene rings is 1. The molecule has 2 aliphatic rings. The Morgan fingerprint density at radius 1 is 1.18 bits per heavy atom. The van der Waals surface area contributed by atoms with E-state index in [0.29, 0.717) is 35.5 Å². The number of hydrogen-bond acceptors (Lipinski definition) is 6. The number of nitrogens with one attached hydrogen (secondary N) is 1. The Balaban J connectivity index is 1.28. The summed E-state index contributed by atoms with van der Waals surface area (Å²) < 4.78 is 30.0. The van der Waals surface area contributed by atoms with Crippen molar-refractivity contribution in [1.82, 2.24) is 24.1 Å². The van der Waals surface area contributed by atoms with Crippen LogP contribution in [0.5, 0.6) is 5.75 Å². The number of aryl methyl sites for hydroxylation is 1. The zero-order valence-corrected chi connectivity index (χ0v) is 21.2. The molecule has 3 aromatic heterocycles. The number of carbonyl (C=O) groups excluding carboxylic acids is 1. The molecule has 6 rings (SSSR count). The molecule has 1 saturated carbocycles. The fourth-order valence-corrected chi connectivity index (χ4v) is 4.78. The average Bonchev–Trinajstić information content (AvgIpc) is 3.50. The molecule has 0 spiro atoms. The summed E-state index contributed by atoms with van der Waals surface area (Å²) in [4.78, 5) is 26.9. The van der Waals surface area contributed by atoms with Crippen LogP contribution in [0, 0.1) is 5.82 Å². The summed E-state index contributed by atoms with van der Waals surface area (Å²) in [6.45, 7) is 1.49. The number of methoxy groups -OCH3 is 1. The normalized spacial score (nSPS) is 14.8. The molecule has 4 heterocycles. The van der Waals surface area contributed by atoms with Crippen molar-refractivity contribution in [3.05, 3.63) is 71.8 Å². The molecule has 38 heavy (non-hydrogen) atoms. The molecule has 0 radical (unpaired) electrons. The van der Waals surface area contributed by atoms with Crippen LogP contribution in [0.4, 0.5) is 10.2 Å². The lowest BCUT2D eigenvalue weighted by atomic mass is 10.1. The summed E-state index contributed by atoms with van der Waals surface area (Å²) in [6, 6.07) is 8.07. The number of amides is 1. The highest BCUT2D eigenvalue weighted by Gasteiger charge is 2.27. The van der Waals surface area contributed by atoms with Crippen molar-refractivity contribution in [2.24, 2.45) is 0 Å². The smallest absolute Gasteiger partial charge is 0.259 e. The fraction of sp³-hybridized carbons (Fsp3) is 0.357. The maximum absolute atomic E-state index is 15.2. The van der Waals surface area contributed by atoms with E-state index in [2.05, 4.69) is 24.8 Å². The van der Waals surface area contributed by atoms with Crippen molar-refractivity contribution in [1.29, 1.82) is 0 Å². The standard InChI is InChI=1S/C28H29FN6O3/c1-37-11-12-38-25-14-21(29)20(13-24(25)34-16-23(31-17-34)18-8-9-18)28(36)33-26-7-4-6-22(32-26)27-30-15-19-5-2-3-10-35(19)27/h4,6-7,13-18H,2-3,5,8-12H2,1H3,(H,32,33,36). The number of aromatic nitrogens is 5. The number of halogens is 1. The highest BCUT2D eigenvalue weighted by atomic mass is 19.1. The van der Waals surface area contributed by atoms with Crippen molar-refractivity contribution >= 4 is 11.7 Å². The minimum atomic E-state index is -0.695. The van der Waals surface area contributed by atoms with Gasteiger partial charge in [-0.25, -0.2) is 19.3 Å². The van der Waals surface area contributed by atoms with Crippen molar-refractivity contribution in [3.63, 3.8) is 0 Å². The van der Waals surface area contributed by atoms with Crippen molar-refractivity contribution in [2.45, 2.75) is 44.6 Å². The molecule has 1 N–H and O–H groups in total. The zero-order valence-electron chi connectivity index (χ0n) is 21.2. The molecule has 0 unspecified atom stereocenters. The molecule has 0 saturated heterocycles. The summed E-state index contributed by atoms with van der Waals surface area (Å²) in [6.07, 6.45) is 10.9. The number of fused-ring (bicyclic) bond motifs is 1. The van der Waals surface area contributed by atoms with Crippen molar-refractivity contribution in [3.8, 4) is 23.0 Å². The quantitative estimate of drug-likeness (QED) is 0.322. The highest BCUT2D eigenvalue weighted by molar-refractivity contribution is 6.04. The summed E-state index contributed by atoms with van der Waals surface area (Å²) in [7, 11) is 1.57. The first-order valence-electron chi connectivity index (χ1n) is 12.9. The predicted octanol–water partition coefficient (Wildman–Crippen LogP) is 4.76. The summed E-state index contributed by atoms with van der Waals surface area (Å²) >= 11 is 0. The number of hydrogen-bond donors (Lipinski definition) is 1. The van der Waals surface area contributed by atoms with Crippen LogP contribution in [0.15, 0.2) is 49.1 Å². The van der Waals surface area contributed by atoms with Gasteiger partial charge in [-0.1, -0.05) is 6.07 Å². The number of carbonyl (C=O) groups is 1. The SMILES string of the molecule is COCCOc1cc(F)c(C(=O)Nc2cccc(-c3ncc4n3CCCC4)n2)cc1-n1cnc(C2CC2)c1. The van der Waals surface area contributed by atoms with E-state index in [1.54, 1.807) is 24.1 Å².